The molecule has 0 amide bonds. The molecule has 0 aromatic heterocycles. The van der Waals surface area contributed by atoms with Crippen molar-refractivity contribution in [2.45, 2.75) is 24.0 Å². The highest BCUT2D eigenvalue weighted by Gasteiger charge is 2.60. The molecule has 0 unspecified atom stereocenters. The second kappa shape index (κ2) is 8.62. The van der Waals surface area contributed by atoms with E-state index in [0.717, 1.165) is 11.1 Å². The fraction of sp³-hybridized carbons (Fsp3) is 0.231. The van der Waals surface area contributed by atoms with E-state index in [2.05, 4.69) is 5.10 Å². The van der Waals surface area contributed by atoms with Gasteiger partial charge in [-0.1, -0.05) is 36.4 Å². The molecule has 1 saturated heterocycles. The van der Waals surface area contributed by atoms with Gasteiger partial charge in [0.2, 0.25) is 6.04 Å². The molecule has 0 aliphatic carbocycles. The van der Waals surface area contributed by atoms with Gasteiger partial charge in [0.25, 0.3) is 0 Å². The van der Waals surface area contributed by atoms with Crippen molar-refractivity contribution in [3.8, 4) is 11.5 Å². The van der Waals surface area contributed by atoms with Crippen LogP contribution in [0, 0.1) is 10.1 Å². The Morgan fingerprint density at radius 1 is 0.941 bits per heavy atom. The fourth-order valence-corrected chi connectivity index (χ4v) is 5.04. The number of methoxy groups -OCH3 is 2. The van der Waals surface area contributed by atoms with E-state index in [1.807, 2.05) is 24.3 Å². The highest BCUT2D eigenvalue weighted by molar-refractivity contribution is 6.01. The average Bonchev–Trinajstić information content (AvgIpc) is 3.24. The zero-order chi connectivity index (χ0) is 23.8. The van der Waals surface area contributed by atoms with Gasteiger partial charge in [0.15, 0.2) is 5.78 Å². The molecule has 34 heavy (non-hydrogen) atoms. The fourth-order valence-electron chi connectivity index (χ4n) is 5.04. The first kappa shape index (κ1) is 21.6. The van der Waals surface area contributed by atoms with Gasteiger partial charge in [-0.3, -0.25) is 19.9 Å². The number of ether oxygens (including phenoxy) is 2. The third kappa shape index (κ3) is 3.48. The summed E-state index contributed by atoms with van der Waals surface area (Å²) in [5.74, 6) is 0.317. The number of carbonyl (C=O) groups is 1. The van der Waals surface area contributed by atoms with E-state index in [-0.39, 0.29) is 10.7 Å². The van der Waals surface area contributed by atoms with Crippen LogP contribution in [0.1, 0.15) is 39.0 Å². The zero-order valence-corrected chi connectivity index (χ0v) is 18.7. The van der Waals surface area contributed by atoms with Crippen LogP contribution in [0.15, 0.2) is 77.9 Å². The van der Waals surface area contributed by atoms with Gasteiger partial charge < -0.3 is 9.47 Å². The van der Waals surface area contributed by atoms with Crippen LogP contribution in [-0.2, 0) is 0 Å². The minimum absolute atomic E-state index is 0.227. The first-order chi connectivity index (χ1) is 16.5. The molecule has 0 radical (unpaired) electrons. The van der Waals surface area contributed by atoms with Crippen molar-refractivity contribution in [3.05, 3.63) is 105 Å². The quantitative estimate of drug-likeness (QED) is 0.314. The van der Waals surface area contributed by atoms with Crippen molar-refractivity contribution >= 4 is 12.0 Å². The summed E-state index contributed by atoms with van der Waals surface area (Å²) < 4.78 is 10.5. The molecule has 172 valence electrons. The molecule has 2 aliphatic heterocycles. The van der Waals surface area contributed by atoms with Gasteiger partial charge in [0, 0.05) is 16.1 Å². The zero-order valence-electron chi connectivity index (χ0n) is 18.7. The van der Waals surface area contributed by atoms with Gasteiger partial charge in [-0.2, -0.15) is 5.10 Å². The van der Waals surface area contributed by atoms with E-state index >= 15 is 0 Å². The predicted octanol–water partition coefficient (Wildman–Crippen LogP) is 4.09. The Morgan fingerprint density at radius 2 is 1.56 bits per heavy atom. The molecular formula is C26H23N3O5. The minimum Gasteiger partial charge on any atom is -0.497 e. The summed E-state index contributed by atoms with van der Waals surface area (Å²) in [6.07, 6.45) is 1.67. The molecule has 3 aromatic rings. The molecule has 1 fully saturated rings. The van der Waals surface area contributed by atoms with Crippen LogP contribution in [0.25, 0.3) is 0 Å². The molecular weight excluding hydrogens is 434 g/mol. The van der Waals surface area contributed by atoms with Crippen LogP contribution in [-0.4, -0.2) is 48.2 Å². The molecule has 0 bridgehead atoms. The molecule has 8 nitrogen and oxygen atoms in total. The van der Waals surface area contributed by atoms with Crippen molar-refractivity contribution in [2.24, 2.45) is 5.10 Å². The van der Waals surface area contributed by atoms with Gasteiger partial charge in [-0.15, -0.1) is 0 Å². The van der Waals surface area contributed by atoms with Crippen LogP contribution in [0.3, 0.4) is 0 Å². The summed E-state index contributed by atoms with van der Waals surface area (Å²) in [5.41, 5.74) is 2.75. The third-order valence-corrected chi connectivity index (χ3v) is 6.63. The van der Waals surface area contributed by atoms with Crippen LogP contribution < -0.4 is 9.47 Å². The number of hydrazone groups is 1. The van der Waals surface area contributed by atoms with Crippen molar-refractivity contribution in [1.82, 2.24) is 5.01 Å². The summed E-state index contributed by atoms with van der Waals surface area (Å²) in [4.78, 5) is 26.1. The summed E-state index contributed by atoms with van der Waals surface area (Å²) in [6, 6.07) is 18.8. The number of Topliss-reactive ketones (excluding diaryl/α,β-unsaturated/α-hetero) is 1. The number of carbonyl (C=O) groups excluding carboxylic acids is 1. The second-order valence-electron chi connectivity index (χ2n) is 8.31. The summed E-state index contributed by atoms with van der Waals surface area (Å²) in [6.45, 7) is 0. The van der Waals surface area contributed by atoms with E-state index < -0.39 is 24.0 Å². The topological polar surface area (TPSA) is 94.3 Å². The lowest BCUT2D eigenvalue weighted by Gasteiger charge is -2.30. The third-order valence-electron chi connectivity index (χ3n) is 6.63. The summed E-state index contributed by atoms with van der Waals surface area (Å²) in [5, 5.41) is 18.7. The lowest BCUT2D eigenvalue weighted by molar-refractivity contribution is -0.529. The number of hydrogen-bond donors (Lipinski definition) is 0. The Morgan fingerprint density at radius 3 is 2.18 bits per heavy atom. The average molecular weight is 457 g/mol. The van der Waals surface area contributed by atoms with E-state index in [9.17, 15) is 14.9 Å². The van der Waals surface area contributed by atoms with Crippen molar-refractivity contribution in [2.75, 3.05) is 14.2 Å². The molecule has 2 heterocycles. The van der Waals surface area contributed by atoms with Gasteiger partial charge in [0.1, 0.15) is 23.6 Å². The van der Waals surface area contributed by atoms with E-state index in [1.54, 1.807) is 74.0 Å². The molecule has 0 N–H and O–H groups in total. The number of fused-ring (bicyclic) bond motifs is 3. The summed E-state index contributed by atoms with van der Waals surface area (Å²) in [7, 11) is 3.12. The SMILES string of the molecule is COc1ccc(C(=O)[C@@H]2[C@@H](c3ccc(OC)cc3)[C@H]([N+](=O)[O-])[C@@H]3c4ccccc4C=NN23)cc1. The van der Waals surface area contributed by atoms with Gasteiger partial charge in [-0.05, 0) is 47.5 Å². The highest BCUT2D eigenvalue weighted by atomic mass is 16.6. The molecule has 0 saturated carbocycles. The van der Waals surface area contributed by atoms with E-state index in [4.69, 9.17) is 9.47 Å². The highest BCUT2D eigenvalue weighted by Crippen LogP contribution is 2.49. The molecule has 0 spiro atoms. The number of ketones is 1. The van der Waals surface area contributed by atoms with Crippen molar-refractivity contribution in [3.63, 3.8) is 0 Å². The smallest absolute Gasteiger partial charge is 0.248 e. The number of hydrogen-bond acceptors (Lipinski definition) is 7. The predicted molar refractivity (Wildman–Crippen MR) is 126 cm³/mol. The molecule has 8 heteroatoms. The van der Waals surface area contributed by atoms with Crippen molar-refractivity contribution < 1.29 is 19.2 Å². The Labute approximate surface area is 196 Å². The van der Waals surface area contributed by atoms with Crippen LogP contribution in [0.5, 0.6) is 11.5 Å². The van der Waals surface area contributed by atoms with Crippen LogP contribution in [0.4, 0.5) is 0 Å². The maximum Gasteiger partial charge on any atom is 0.248 e. The standard InChI is InChI=1S/C26H23N3O5/c1-33-19-11-7-16(8-12-19)22-24(29(31)32)23-21-6-4-3-5-18(21)15-27-28(23)25(22)26(30)17-9-13-20(34-2)14-10-17/h3-15,22-25H,1-2H3/t22-,23-,24-,25-/m0/s1. The summed E-state index contributed by atoms with van der Waals surface area (Å²) >= 11 is 0. The maximum absolute atomic E-state index is 13.9. The molecule has 2 aliphatic rings. The Kier molecular flexibility index (Phi) is 5.49. The van der Waals surface area contributed by atoms with Crippen LogP contribution in [0.2, 0.25) is 0 Å². The second-order valence-corrected chi connectivity index (χ2v) is 8.31. The lowest BCUT2D eigenvalue weighted by atomic mass is 9.82. The Bertz CT molecular complexity index is 1260. The molecule has 5 rings (SSSR count). The van der Waals surface area contributed by atoms with Crippen LogP contribution >= 0.6 is 0 Å². The number of nitrogens with zero attached hydrogens (tertiary/aromatic N) is 3. The first-order valence-electron chi connectivity index (χ1n) is 10.9. The Balaban J connectivity index is 1.67. The number of nitro groups is 1. The van der Waals surface area contributed by atoms with Gasteiger partial charge in [-0.25, -0.2) is 0 Å². The molecule has 3 aromatic carbocycles. The largest absolute Gasteiger partial charge is 0.497 e. The minimum atomic E-state index is -1.07. The normalized spacial score (nSPS) is 22.6. The number of benzene rings is 3. The molecule has 4 atom stereocenters. The number of rotatable bonds is 6. The van der Waals surface area contributed by atoms with Crippen molar-refractivity contribution in [1.29, 1.82) is 0 Å². The van der Waals surface area contributed by atoms with E-state index in [0.29, 0.717) is 22.6 Å². The maximum atomic E-state index is 13.9. The first-order valence-corrected chi connectivity index (χ1v) is 10.9. The van der Waals surface area contributed by atoms with Gasteiger partial charge in [0.05, 0.1) is 26.4 Å². The monoisotopic (exact) mass is 457 g/mol. The van der Waals surface area contributed by atoms with E-state index in [1.165, 1.54) is 0 Å². The van der Waals surface area contributed by atoms with Gasteiger partial charge >= 0.3 is 0 Å². The lowest BCUT2D eigenvalue weighted by Crippen LogP contribution is -2.38. The Hall–Kier alpha value is -4.20.